The number of nitrogens with two attached hydrogens (primary N) is 1. The molecule has 0 aliphatic carbocycles. The van der Waals surface area contributed by atoms with Gasteiger partial charge in [0.1, 0.15) is 48.9 Å². The molecule has 6 aromatic rings. The molecule has 0 bridgehead atoms. The van der Waals surface area contributed by atoms with Crippen molar-refractivity contribution in [3.8, 4) is 34.1 Å². The number of hydrogen-bond acceptors (Lipinski definition) is 17. The van der Waals surface area contributed by atoms with E-state index in [2.05, 4.69) is 20.5 Å². The molecule has 0 atom stereocenters. The third-order valence-corrected chi connectivity index (χ3v) is 11.6. The van der Waals surface area contributed by atoms with E-state index in [9.17, 15) is 72.3 Å². The van der Waals surface area contributed by atoms with E-state index in [0.29, 0.717) is 0 Å². The lowest BCUT2D eigenvalue weighted by Gasteiger charge is -2.12. The fourth-order valence-corrected chi connectivity index (χ4v) is 8.18. The van der Waals surface area contributed by atoms with Gasteiger partial charge in [0.25, 0.3) is 40.5 Å². The number of fused-ring (bicyclic) bond motifs is 2. The molecule has 0 amide bonds. The highest BCUT2D eigenvalue weighted by Gasteiger charge is 2.27. The first-order chi connectivity index (χ1) is 26.4. The van der Waals surface area contributed by atoms with Crippen LogP contribution in [0.3, 0.4) is 0 Å². The number of phenols is 4. The van der Waals surface area contributed by atoms with Crippen molar-refractivity contribution < 1.29 is 72.3 Å². The Balaban J connectivity index is 1.35. The SMILES string of the molecule is Nc1cc(S(=O)(=O)O)cc2cc(S(=O)(=O)O)c(N=Nc3ccc(-c4ccc(N=Nc5c(S(=O)(=O)O)cc6cccc(S(=O)(=O)O)c6c5O)c(O)c4)cc3O)c(O)c12. The summed E-state index contributed by atoms with van der Waals surface area (Å²) in [4.78, 5) is -3.58. The Hall–Kier alpha value is -6.32. The number of anilines is 1. The first kappa shape index (κ1) is 40.3. The molecule has 0 aliphatic rings. The van der Waals surface area contributed by atoms with Crippen molar-refractivity contribution in [2.45, 2.75) is 19.6 Å². The molecule has 10 N–H and O–H groups in total. The van der Waals surface area contributed by atoms with Crippen molar-refractivity contribution >= 4 is 90.5 Å². The summed E-state index contributed by atoms with van der Waals surface area (Å²) in [7, 11) is -20.1. The van der Waals surface area contributed by atoms with Crippen molar-refractivity contribution in [1.82, 2.24) is 0 Å². The molecule has 21 nitrogen and oxygen atoms in total. The summed E-state index contributed by atoms with van der Waals surface area (Å²) in [5, 5.41) is 56.6. The van der Waals surface area contributed by atoms with Crippen molar-refractivity contribution in [2.75, 3.05) is 5.73 Å². The van der Waals surface area contributed by atoms with Crippen molar-refractivity contribution in [2.24, 2.45) is 20.5 Å². The number of benzene rings is 6. The van der Waals surface area contributed by atoms with Gasteiger partial charge < -0.3 is 26.2 Å². The molecular weight excluding hydrogens is 839 g/mol. The normalized spacial score (nSPS) is 13.0. The van der Waals surface area contributed by atoms with Gasteiger partial charge in [0.2, 0.25) is 0 Å². The van der Waals surface area contributed by atoms with Gasteiger partial charge in [0.15, 0.2) is 11.5 Å². The second-order valence-corrected chi connectivity index (χ2v) is 17.4. The predicted molar refractivity (Wildman–Crippen MR) is 198 cm³/mol. The number of nitrogens with zero attached hydrogens (tertiary/aromatic N) is 4. The van der Waals surface area contributed by atoms with E-state index < -0.39 is 106 Å². The standard InChI is InChI=1S/C32H23N5O16S4/c33-19-13-18(54(42,43)44)8-17-12-26(57(51,52)53)29(31(40)27(17)19)36-34-20-6-4-14(9-22(20)38)15-5-7-21(23(39)10-15)35-37-30-25(56(48,49)50)11-16-2-1-3-24(55(45,46)47)28(16)32(30)41/h1-13,38-41H,33H2,(H,42,43,44)(H,45,46,47)(H,48,49,50)(H,51,52,53). The summed E-state index contributed by atoms with van der Waals surface area (Å²) >= 11 is 0. The summed E-state index contributed by atoms with van der Waals surface area (Å²) in [6.07, 6.45) is 0. The van der Waals surface area contributed by atoms with Gasteiger partial charge >= 0.3 is 0 Å². The Labute approximate surface area is 320 Å². The highest BCUT2D eigenvalue weighted by atomic mass is 32.2. The summed E-state index contributed by atoms with van der Waals surface area (Å²) in [6.45, 7) is 0. The maximum Gasteiger partial charge on any atom is 0.296 e. The first-order valence-electron chi connectivity index (χ1n) is 15.1. The van der Waals surface area contributed by atoms with Crippen LogP contribution in [0.4, 0.5) is 28.4 Å². The lowest BCUT2D eigenvalue weighted by Crippen LogP contribution is -2.02. The fraction of sp³-hybridized carbons (Fsp3) is 0. The topological polar surface area (TPSA) is 374 Å². The van der Waals surface area contributed by atoms with Gasteiger partial charge in [0, 0.05) is 16.5 Å². The van der Waals surface area contributed by atoms with Crippen LogP contribution in [0.25, 0.3) is 32.7 Å². The zero-order chi connectivity index (χ0) is 42.0. The summed E-state index contributed by atoms with van der Waals surface area (Å²) < 4.78 is 135. The third-order valence-electron chi connectivity index (χ3n) is 8.12. The van der Waals surface area contributed by atoms with Crippen LogP contribution in [-0.2, 0) is 40.5 Å². The number of phenolic OH excluding ortho intramolecular Hbond substituents is 4. The van der Waals surface area contributed by atoms with Gasteiger partial charge in [-0.2, -0.15) is 33.7 Å². The minimum atomic E-state index is -5.17. The van der Waals surface area contributed by atoms with E-state index in [1.54, 1.807) is 0 Å². The van der Waals surface area contributed by atoms with Gasteiger partial charge in [-0.15, -0.1) is 20.5 Å². The molecule has 57 heavy (non-hydrogen) atoms. The van der Waals surface area contributed by atoms with Gasteiger partial charge in [-0.1, -0.05) is 24.3 Å². The summed E-state index contributed by atoms with van der Waals surface area (Å²) in [5.74, 6) is -3.23. The lowest BCUT2D eigenvalue weighted by molar-refractivity contribution is 0.469. The largest absolute Gasteiger partial charge is 0.506 e. The molecule has 0 aliphatic heterocycles. The van der Waals surface area contributed by atoms with Gasteiger partial charge in [-0.3, -0.25) is 18.2 Å². The van der Waals surface area contributed by atoms with Crippen LogP contribution in [0.1, 0.15) is 0 Å². The number of azo groups is 2. The minimum absolute atomic E-state index is 0.212. The predicted octanol–water partition coefficient (Wildman–Crippen LogP) is 5.88. The van der Waals surface area contributed by atoms with E-state index in [0.717, 1.165) is 54.6 Å². The molecule has 0 fully saturated rings. The second kappa shape index (κ2) is 14.0. The maximum absolute atomic E-state index is 12.2. The van der Waals surface area contributed by atoms with E-state index in [-0.39, 0.29) is 38.7 Å². The molecule has 6 aromatic carbocycles. The molecule has 0 saturated heterocycles. The zero-order valence-corrected chi connectivity index (χ0v) is 31.1. The van der Waals surface area contributed by atoms with Crippen molar-refractivity contribution in [1.29, 1.82) is 0 Å². The highest BCUT2D eigenvalue weighted by Crippen LogP contribution is 2.46. The number of rotatable bonds is 9. The van der Waals surface area contributed by atoms with Crippen LogP contribution in [-0.4, -0.2) is 72.3 Å². The van der Waals surface area contributed by atoms with Crippen LogP contribution < -0.4 is 5.73 Å². The highest BCUT2D eigenvalue weighted by molar-refractivity contribution is 7.86. The molecule has 0 heterocycles. The molecule has 0 spiro atoms. The lowest BCUT2D eigenvalue weighted by atomic mass is 10.0. The van der Waals surface area contributed by atoms with Crippen molar-refractivity contribution in [3.05, 3.63) is 78.9 Å². The Kier molecular flexibility index (Phi) is 9.91. The second-order valence-electron chi connectivity index (χ2n) is 11.8. The zero-order valence-electron chi connectivity index (χ0n) is 27.8. The molecular formula is C32H23N5O16S4. The molecule has 0 aromatic heterocycles. The fourth-order valence-electron chi connectivity index (χ4n) is 5.59. The molecule has 0 radical (unpaired) electrons. The molecule has 0 saturated carbocycles. The monoisotopic (exact) mass is 861 g/mol. The molecule has 6 rings (SSSR count). The smallest absolute Gasteiger partial charge is 0.296 e. The Morgan fingerprint density at radius 2 is 0.912 bits per heavy atom. The van der Waals surface area contributed by atoms with Crippen LogP contribution in [0.2, 0.25) is 0 Å². The molecule has 0 unspecified atom stereocenters. The Morgan fingerprint density at radius 1 is 0.456 bits per heavy atom. The van der Waals surface area contributed by atoms with E-state index in [1.165, 1.54) is 24.3 Å². The summed E-state index contributed by atoms with van der Waals surface area (Å²) in [6, 6.07) is 13.6. The quantitative estimate of drug-likeness (QED) is 0.0465. The van der Waals surface area contributed by atoms with E-state index >= 15 is 0 Å². The molecule has 25 heteroatoms. The third kappa shape index (κ3) is 7.89. The van der Waals surface area contributed by atoms with Gasteiger partial charge in [-0.05, 0) is 76.5 Å². The van der Waals surface area contributed by atoms with Crippen LogP contribution in [0.15, 0.2) is 119 Å². The minimum Gasteiger partial charge on any atom is -0.506 e. The van der Waals surface area contributed by atoms with E-state index in [4.69, 9.17) is 5.73 Å². The van der Waals surface area contributed by atoms with Gasteiger partial charge in [0.05, 0.1) is 4.90 Å². The van der Waals surface area contributed by atoms with E-state index in [1.807, 2.05) is 0 Å². The summed E-state index contributed by atoms with van der Waals surface area (Å²) in [5.41, 5.74) is 3.43. The van der Waals surface area contributed by atoms with Crippen LogP contribution in [0, 0.1) is 0 Å². The van der Waals surface area contributed by atoms with Crippen molar-refractivity contribution in [3.63, 3.8) is 0 Å². The Bertz CT molecular complexity index is 3250. The number of aromatic hydroxyl groups is 4. The van der Waals surface area contributed by atoms with Crippen LogP contribution >= 0.6 is 0 Å². The van der Waals surface area contributed by atoms with Crippen LogP contribution in [0.5, 0.6) is 23.0 Å². The first-order valence-corrected chi connectivity index (χ1v) is 20.9. The maximum atomic E-state index is 12.2. The van der Waals surface area contributed by atoms with Gasteiger partial charge in [-0.25, -0.2) is 0 Å². The Morgan fingerprint density at radius 3 is 1.35 bits per heavy atom. The molecule has 296 valence electrons. The average Bonchev–Trinajstić information content (AvgIpc) is 3.09. The number of nitrogen functional groups attached to an aromatic ring is 1. The number of hydrogen-bond donors (Lipinski definition) is 9. The average molecular weight is 862 g/mol.